The summed E-state index contributed by atoms with van der Waals surface area (Å²) in [6, 6.07) is 13.6. The maximum atomic E-state index is 12.9. The molecule has 3 N–H and O–H groups in total. The molecule has 0 bridgehead atoms. The van der Waals surface area contributed by atoms with Crippen molar-refractivity contribution in [2.24, 2.45) is 0 Å². The van der Waals surface area contributed by atoms with Gasteiger partial charge in [0.2, 0.25) is 0 Å². The Balaban J connectivity index is 1.51. The second-order valence-corrected chi connectivity index (χ2v) is 7.92. The average Bonchev–Trinajstić information content (AvgIpc) is 2.73. The van der Waals surface area contributed by atoms with Crippen LogP contribution >= 0.6 is 0 Å². The Morgan fingerprint density at radius 1 is 1.14 bits per heavy atom. The Labute approximate surface area is 170 Å². The van der Waals surface area contributed by atoms with Gasteiger partial charge in [-0.2, -0.15) is 0 Å². The van der Waals surface area contributed by atoms with Crippen LogP contribution in [0.4, 0.5) is 11.5 Å². The molecule has 4 rings (SSSR count). The van der Waals surface area contributed by atoms with Gasteiger partial charge in [0.05, 0.1) is 5.56 Å². The van der Waals surface area contributed by atoms with Crippen molar-refractivity contribution in [1.29, 1.82) is 0 Å². The molecule has 3 heterocycles. The van der Waals surface area contributed by atoms with E-state index in [0.29, 0.717) is 17.9 Å². The minimum Gasteiger partial charge on any atom is -0.365 e. The van der Waals surface area contributed by atoms with Gasteiger partial charge in [0.15, 0.2) is 0 Å². The van der Waals surface area contributed by atoms with Gasteiger partial charge in [0, 0.05) is 49.3 Å². The fourth-order valence-electron chi connectivity index (χ4n) is 3.70. The molecule has 2 aromatic heterocycles. The fraction of sp³-hybridized carbons (Fsp3) is 0.261. The molecule has 148 valence electrons. The summed E-state index contributed by atoms with van der Waals surface area (Å²) < 4.78 is 0. The number of nitrogens with one attached hydrogen (secondary N) is 3. The van der Waals surface area contributed by atoms with Gasteiger partial charge in [0.1, 0.15) is 5.82 Å². The van der Waals surface area contributed by atoms with Crippen LogP contribution in [-0.2, 0) is 18.5 Å². The van der Waals surface area contributed by atoms with E-state index in [9.17, 15) is 4.79 Å². The lowest BCUT2D eigenvalue weighted by Crippen LogP contribution is -2.38. The number of rotatable bonds is 5. The number of amides is 1. The zero-order valence-electron chi connectivity index (χ0n) is 16.7. The molecule has 0 aliphatic carbocycles. The zero-order chi connectivity index (χ0) is 20.3. The molecule has 1 aliphatic rings. The van der Waals surface area contributed by atoms with E-state index in [0.717, 1.165) is 24.3 Å². The molecule has 0 fully saturated rings. The first-order valence-electron chi connectivity index (χ1n) is 9.76. The minimum atomic E-state index is -0.182. The summed E-state index contributed by atoms with van der Waals surface area (Å²) in [6.07, 6.45) is 5.17. The molecular formula is C23H25N5O. The maximum absolute atomic E-state index is 12.9. The van der Waals surface area contributed by atoms with E-state index in [2.05, 4.69) is 51.9 Å². The van der Waals surface area contributed by atoms with Crippen LogP contribution in [0.25, 0.3) is 0 Å². The van der Waals surface area contributed by atoms with Gasteiger partial charge >= 0.3 is 0 Å². The molecule has 0 atom stereocenters. The monoisotopic (exact) mass is 387 g/mol. The molecule has 1 aliphatic heterocycles. The van der Waals surface area contributed by atoms with Crippen LogP contribution in [0.3, 0.4) is 0 Å². The molecule has 0 radical (unpaired) electrons. The van der Waals surface area contributed by atoms with Crippen LogP contribution in [0.15, 0.2) is 61.1 Å². The lowest BCUT2D eigenvalue weighted by Gasteiger charge is -2.33. The van der Waals surface area contributed by atoms with E-state index in [1.165, 1.54) is 11.1 Å². The minimum absolute atomic E-state index is 0.0868. The van der Waals surface area contributed by atoms with E-state index in [-0.39, 0.29) is 11.3 Å². The van der Waals surface area contributed by atoms with Crippen LogP contribution in [0, 0.1) is 0 Å². The van der Waals surface area contributed by atoms with Crippen molar-refractivity contribution in [3.05, 3.63) is 83.3 Å². The molecular weight excluding hydrogens is 362 g/mol. The number of nitrogens with zero attached hydrogens (tertiary/aromatic N) is 2. The average molecular weight is 387 g/mol. The van der Waals surface area contributed by atoms with Gasteiger partial charge in [-0.3, -0.25) is 9.78 Å². The second-order valence-electron chi connectivity index (χ2n) is 7.92. The van der Waals surface area contributed by atoms with E-state index in [4.69, 9.17) is 0 Å². The summed E-state index contributed by atoms with van der Waals surface area (Å²) in [5.41, 5.74) is 5.01. The van der Waals surface area contributed by atoms with Crippen LogP contribution in [0.5, 0.6) is 0 Å². The third kappa shape index (κ3) is 4.27. The van der Waals surface area contributed by atoms with Crippen molar-refractivity contribution >= 4 is 17.4 Å². The highest BCUT2D eigenvalue weighted by Crippen LogP contribution is 2.31. The topological polar surface area (TPSA) is 78.9 Å². The number of anilines is 2. The van der Waals surface area contributed by atoms with E-state index in [1.807, 2.05) is 18.2 Å². The normalized spacial score (nSPS) is 14.7. The van der Waals surface area contributed by atoms with E-state index < -0.39 is 0 Å². The lowest BCUT2D eigenvalue weighted by atomic mass is 9.79. The van der Waals surface area contributed by atoms with E-state index >= 15 is 0 Å². The summed E-state index contributed by atoms with van der Waals surface area (Å²) >= 11 is 0. The van der Waals surface area contributed by atoms with Crippen molar-refractivity contribution in [3.8, 4) is 0 Å². The first-order valence-corrected chi connectivity index (χ1v) is 9.76. The Bertz CT molecular complexity index is 1020. The lowest BCUT2D eigenvalue weighted by molar-refractivity contribution is 0.102. The predicted octanol–water partition coefficient (Wildman–Crippen LogP) is 3.72. The summed E-state index contributed by atoms with van der Waals surface area (Å²) in [7, 11) is 0. The number of hydrogen-bond donors (Lipinski definition) is 3. The number of fused-ring (bicyclic) bond motifs is 1. The van der Waals surface area contributed by atoms with Crippen LogP contribution in [-0.4, -0.2) is 22.4 Å². The molecule has 0 saturated carbocycles. The van der Waals surface area contributed by atoms with Crippen LogP contribution in [0.2, 0.25) is 0 Å². The maximum Gasteiger partial charge on any atom is 0.259 e. The summed E-state index contributed by atoms with van der Waals surface area (Å²) in [6.45, 7) is 6.79. The van der Waals surface area contributed by atoms with Gasteiger partial charge in [0.25, 0.3) is 5.91 Å². The summed E-state index contributed by atoms with van der Waals surface area (Å²) in [4.78, 5) is 21.3. The summed E-state index contributed by atoms with van der Waals surface area (Å²) in [5, 5.41) is 9.71. The Kier molecular flexibility index (Phi) is 5.27. The highest BCUT2D eigenvalue weighted by molar-refractivity contribution is 6.07. The van der Waals surface area contributed by atoms with Crippen molar-refractivity contribution in [2.45, 2.75) is 32.4 Å². The van der Waals surface area contributed by atoms with Crippen molar-refractivity contribution in [1.82, 2.24) is 15.3 Å². The van der Waals surface area contributed by atoms with Crippen molar-refractivity contribution < 1.29 is 4.79 Å². The molecule has 3 aromatic rings. The van der Waals surface area contributed by atoms with Gasteiger partial charge in [-0.25, -0.2) is 4.98 Å². The molecule has 6 heteroatoms. The van der Waals surface area contributed by atoms with Gasteiger partial charge in [-0.1, -0.05) is 19.9 Å². The number of carbonyl (C=O) groups is 1. The molecule has 0 spiro atoms. The standard InChI is InChI=1S/C23H25N5O/c1-23(2)15-25-14-17-12-18(5-6-20(17)23)28-22(29)19-4-3-9-26-21(19)27-13-16-7-10-24-11-8-16/h3-12,25H,13-15H2,1-2H3,(H,26,27)(H,28,29). The number of hydrogen-bond acceptors (Lipinski definition) is 5. The van der Waals surface area contributed by atoms with Gasteiger partial charge < -0.3 is 16.0 Å². The van der Waals surface area contributed by atoms with Crippen LogP contribution in [0.1, 0.15) is 40.9 Å². The van der Waals surface area contributed by atoms with Crippen molar-refractivity contribution in [2.75, 3.05) is 17.2 Å². The number of carbonyl (C=O) groups excluding carboxylic acids is 1. The van der Waals surface area contributed by atoms with Gasteiger partial charge in [-0.15, -0.1) is 0 Å². The largest absolute Gasteiger partial charge is 0.365 e. The Morgan fingerprint density at radius 2 is 1.97 bits per heavy atom. The number of pyridine rings is 2. The molecule has 29 heavy (non-hydrogen) atoms. The molecule has 0 saturated heterocycles. The molecule has 0 unspecified atom stereocenters. The van der Waals surface area contributed by atoms with Crippen molar-refractivity contribution in [3.63, 3.8) is 0 Å². The smallest absolute Gasteiger partial charge is 0.259 e. The molecule has 1 aromatic carbocycles. The Hall–Kier alpha value is -3.25. The highest BCUT2D eigenvalue weighted by atomic mass is 16.1. The quantitative estimate of drug-likeness (QED) is 0.622. The first kappa shape index (κ1) is 19.1. The fourth-order valence-corrected chi connectivity index (χ4v) is 3.70. The second kappa shape index (κ2) is 8.01. The predicted molar refractivity (Wildman–Crippen MR) is 115 cm³/mol. The third-order valence-electron chi connectivity index (χ3n) is 5.24. The first-order chi connectivity index (χ1) is 14.0. The zero-order valence-corrected chi connectivity index (χ0v) is 16.7. The Morgan fingerprint density at radius 3 is 2.79 bits per heavy atom. The number of benzene rings is 1. The van der Waals surface area contributed by atoms with Gasteiger partial charge in [-0.05, 0) is 53.1 Å². The number of aromatic nitrogens is 2. The molecule has 1 amide bonds. The SMILES string of the molecule is CC1(C)CNCc2cc(NC(=O)c3cccnc3NCc3ccncc3)ccc21. The molecule has 6 nitrogen and oxygen atoms in total. The van der Waals surface area contributed by atoms with Crippen LogP contribution < -0.4 is 16.0 Å². The van der Waals surface area contributed by atoms with E-state index in [1.54, 1.807) is 30.7 Å². The third-order valence-corrected chi connectivity index (χ3v) is 5.24. The summed E-state index contributed by atoms with van der Waals surface area (Å²) in [5.74, 6) is 0.376. The highest BCUT2D eigenvalue weighted by Gasteiger charge is 2.27.